The highest BCUT2D eigenvalue weighted by atomic mass is 35.5. The van der Waals surface area contributed by atoms with E-state index < -0.39 is 22.0 Å². The van der Waals surface area contributed by atoms with Crippen molar-refractivity contribution >= 4 is 33.6 Å². The molecule has 2 aromatic carbocycles. The number of hydrogen-bond donors (Lipinski definition) is 1. The third-order valence-corrected chi connectivity index (χ3v) is 9.11. The Hall–Kier alpha value is -2.92. The molecule has 0 spiro atoms. The molecule has 38 heavy (non-hydrogen) atoms. The fourth-order valence-electron chi connectivity index (χ4n) is 5.02. The van der Waals surface area contributed by atoms with Gasteiger partial charge in [-0.2, -0.15) is 4.31 Å². The van der Waals surface area contributed by atoms with Gasteiger partial charge in [-0.3, -0.25) is 9.80 Å². The molecule has 2 atom stereocenters. The Balaban J connectivity index is 1.65. The molecule has 204 valence electrons. The van der Waals surface area contributed by atoms with Crippen molar-refractivity contribution < 1.29 is 22.7 Å². The molecular weight excluding hydrogens is 528 g/mol. The largest absolute Gasteiger partial charge is 0.463 e. The average molecular weight is 561 g/mol. The molecular formula is C27H33ClN4O5S. The first kappa shape index (κ1) is 28.1. The highest BCUT2D eigenvalue weighted by Gasteiger charge is 2.40. The fourth-order valence-corrected chi connectivity index (χ4v) is 6.78. The van der Waals surface area contributed by atoms with Gasteiger partial charge >= 0.3 is 12.0 Å². The summed E-state index contributed by atoms with van der Waals surface area (Å²) in [6.07, 6.45) is 0. The topological polar surface area (TPSA) is 99.3 Å². The summed E-state index contributed by atoms with van der Waals surface area (Å²) in [5, 5.41) is 3.49. The summed E-state index contributed by atoms with van der Waals surface area (Å²) in [7, 11) is -3.64. The number of piperazine rings is 1. The Morgan fingerprint density at radius 3 is 2.37 bits per heavy atom. The molecule has 1 fully saturated rings. The number of nitrogens with one attached hydrogen (secondary N) is 1. The summed E-state index contributed by atoms with van der Waals surface area (Å²) in [6, 6.07) is 14.1. The van der Waals surface area contributed by atoms with E-state index in [-0.39, 0.29) is 23.6 Å². The molecule has 2 amide bonds. The van der Waals surface area contributed by atoms with Crippen molar-refractivity contribution in [2.45, 2.75) is 37.8 Å². The standard InChI is InChI=1S/C27H33ClN4O5S/c1-4-31-23(18-30-15-16-32(19(3)17-30)38(35,36)22-9-7-6-8-10-22)24(26(33)37-5-2)25(29-27(31)34)20-11-13-21(28)14-12-20/h6-14,19,25H,4-5,15-18H2,1-3H3,(H,29,34). The lowest BCUT2D eigenvalue weighted by Gasteiger charge is -2.42. The van der Waals surface area contributed by atoms with E-state index >= 15 is 0 Å². The van der Waals surface area contributed by atoms with Crippen LogP contribution in [-0.4, -0.2) is 79.9 Å². The first-order valence-electron chi connectivity index (χ1n) is 12.7. The number of likely N-dealkylation sites (N-methyl/N-ethyl adjacent to an activating group) is 1. The van der Waals surface area contributed by atoms with Crippen LogP contribution in [-0.2, 0) is 19.6 Å². The van der Waals surface area contributed by atoms with Crippen molar-refractivity contribution in [1.82, 2.24) is 19.4 Å². The SMILES string of the molecule is CCOC(=O)C1=C(CN2CCN(S(=O)(=O)c3ccccc3)C(C)C2)N(CC)C(=O)NC1c1ccc(Cl)cc1. The second-order valence-electron chi connectivity index (χ2n) is 9.27. The second kappa shape index (κ2) is 11.9. The molecule has 2 unspecified atom stereocenters. The first-order valence-corrected chi connectivity index (χ1v) is 14.5. The van der Waals surface area contributed by atoms with Crippen molar-refractivity contribution in [2.24, 2.45) is 0 Å². The van der Waals surface area contributed by atoms with Gasteiger partial charge in [0.05, 0.1) is 23.1 Å². The van der Waals surface area contributed by atoms with Gasteiger partial charge in [0.1, 0.15) is 0 Å². The van der Waals surface area contributed by atoms with Crippen LogP contribution in [0, 0.1) is 0 Å². The van der Waals surface area contributed by atoms with Gasteiger partial charge in [0.25, 0.3) is 0 Å². The van der Waals surface area contributed by atoms with Crippen LogP contribution in [0.4, 0.5) is 4.79 Å². The molecule has 1 saturated heterocycles. The zero-order chi connectivity index (χ0) is 27.4. The number of halogens is 1. The van der Waals surface area contributed by atoms with Gasteiger partial charge in [-0.05, 0) is 50.6 Å². The number of sulfonamides is 1. The van der Waals surface area contributed by atoms with Crippen LogP contribution >= 0.6 is 11.6 Å². The number of esters is 1. The van der Waals surface area contributed by atoms with Gasteiger partial charge < -0.3 is 10.1 Å². The van der Waals surface area contributed by atoms with E-state index in [1.54, 1.807) is 66.4 Å². The van der Waals surface area contributed by atoms with Crippen LogP contribution in [0.5, 0.6) is 0 Å². The van der Waals surface area contributed by atoms with Crippen molar-refractivity contribution in [3.05, 3.63) is 76.5 Å². The maximum atomic E-state index is 13.3. The predicted octanol–water partition coefficient (Wildman–Crippen LogP) is 3.64. The number of ether oxygens (including phenoxy) is 1. The minimum Gasteiger partial charge on any atom is -0.463 e. The summed E-state index contributed by atoms with van der Waals surface area (Å²) < 4.78 is 33.4. The van der Waals surface area contributed by atoms with E-state index in [0.29, 0.717) is 54.6 Å². The van der Waals surface area contributed by atoms with Crippen LogP contribution in [0.2, 0.25) is 5.02 Å². The number of hydrogen-bond acceptors (Lipinski definition) is 6. The minimum atomic E-state index is -3.64. The van der Waals surface area contributed by atoms with Gasteiger partial charge in [0.2, 0.25) is 10.0 Å². The second-order valence-corrected chi connectivity index (χ2v) is 11.6. The van der Waals surface area contributed by atoms with E-state index in [9.17, 15) is 18.0 Å². The van der Waals surface area contributed by atoms with Gasteiger partial charge in [-0.25, -0.2) is 18.0 Å². The summed E-state index contributed by atoms with van der Waals surface area (Å²) >= 11 is 6.07. The highest BCUT2D eigenvalue weighted by Crippen LogP contribution is 2.33. The molecule has 9 nitrogen and oxygen atoms in total. The number of nitrogens with zero attached hydrogens (tertiary/aromatic N) is 3. The molecule has 0 aromatic heterocycles. The molecule has 11 heteroatoms. The molecule has 2 aliphatic rings. The lowest BCUT2D eigenvalue weighted by molar-refractivity contribution is -0.139. The Bertz CT molecular complexity index is 1300. The number of amides is 2. The monoisotopic (exact) mass is 560 g/mol. The zero-order valence-corrected chi connectivity index (χ0v) is 23.3. The van der Waals surface area contributed by atoms with Gasteiger partial charge in [0.15, 0.2) is 0 Å². The highest BCUT2D eigenvalue weighted by molar-refractivity contribution is 7.89. The Labute approximate surface area is 229 Å². The molecule has 0 bridgehead atoms. The van der Waals surface area contributed by atoms with Crippen LogP contribution in [0.3, 0.4) is 0 Å². The Morgan fingerprint density at radius 2 is 1.76 bits per heavy atom. The fraction of sp³-hybridized carbons (Fsp3) is 0.407. The summed E-state index contributed by atoms with van der Waals surface area (Å²) in [6.45, 7) is 7.47. The Morgan fingerprint density at radius 1 is 1.08 bits per heavy atom. The number of urea groups is 1. The van der Waals surface area contributed by atoms with Crippen molar-refractivity contribution in [3.8, 4) is 0 Å². The van der Waals surface area contributed by atoms with Gasteiger partial charge in [0, 0.05) is 49.5 Å². The zero-order valence-electron chi connectivity index (χ0n) is 21.8. The van der Waals surface area contributed by atoms with E-state index in [1.807, 2.05) is 13.8 Å². The van der Waals surface area contributed by atoms with Crippen molar-refractivity contribution in [1.29, 1.82) is 0 Å². The molecule has 1 N–H and O–H groups in total. The van der Waals surface area contributed by atoms with Crippen molar-refractivity contribution in [2.75, 3.05) is 39.3 Å². The molecule has 0 radical (unpaired) electrons. The third kappa shape index (κ3) is 5.73. The molecule has 0 saturated carbocycles. The lowest BCUT2D eigenvalue weighted by atomic mass is 9.94. The average Bonchev–Trinajstić information content (AvgIpc) is 2.89. The number of carbonyl (C=O) groups excluding carboxylic acids is 2. The van der Waals surface area contributed by atoms with E-state index in [1.165, 1.54) is 4.31 Å². The summed E-state index contributed by atoms with van der Waals surface area (Å²) in [5.41, 5.74) is 1.63. The van der Waals surface area contributed by atoms with E-state index in [0.717, 1.165) is 0 Å². The van der Waals surface area contributed by atoms with Gasteiger partial charge in [-0.1, -0.05) is 41.9 Å². The maximum Gasteiger partial charge on any atom is 0.338 e. The minimum absolute atomic E-state index is 0.191. The summed E-state index contributed by atoms with van der Waals surface area (Å²) in [5.74, 6) is -0.501. The van der Waals surface area contributed by atoms with Crippen LogP contribution in [0.25, 0.3) is 0 Å². The number of rotatable bonds is 8. The van der Waals surface area contributed by atoms with E-state index in [2.05, 4.69) is 10.2 Å². The molecule has 2 aliphatic heterocycles. The van der Waals surface area contributed by atoms with Crippen LogP contribution in [0.15, 0.2) is 70.8 Å². The lowest BCUT2D eigenvalue weighted by Crippen LogP contribution is -2.56. The van der Waals surface area contributed by atoms with E-state index in [4.69, 9.17) is 16.3 Å². The molecule has 4 rings (SSSR count). The first-order chi connectivity index (χ1) is 18.2. The number of benzene rings is 2. The van der Waals surface area contributed by atoms with Crippen LogP contribution < -0.4 is 5.32 Å². The number of carbonyl (C=O) groups is 2. The third-order valence-electron chi connectivity index (χ3n) is 6.83. The maximum absolute atomic E-state index is 13.3. The molecule has 0 aliphatic carbocycles. The van der Waals surface area contributed by atoms with Crippen LogP contribution in [0.1, 0.15) is 32.4 Å². The normalized spacial score (nSPS) is 21.4. The smallest absolute Gasteiger partial charge is 0.338 e. The molecule has 2 heterocycles. The van der Waals surface area contributed by atoms with Gasteiger partial charge in [-0.15, -0.1) is 0 Å². The quantitative estimate of drug-likeness (QED) is 0.495. The predicted molar refractivity (Wildman–Crippen MR) is 145 cm³/mol. The van der Waals surface area contributed by atoms with Crippen molar-refractivity contribution in [3.63, 3.8) is 0 Å². The summed E-state index contributed by atoms with van der Waals surface area (Å²) in [4.78, 5) is 30.3. The molecule has 2 aromatic rings. The Kier molecular flexibility index (Phi) is 8.77.